The molecule has 30 heavy (non-hydrogen) atoms. The summed E-state index contributed by atoms with van der Waals surface area (Å²) in [5.41, 5.74) is 1.50. The SMILES string of the molecule is O=C(NCC(=O)N1CCN(Cc2cccc3ccccc23)CC1)c1cc(Cl)ccn1. The van der Waals surface area contributed by atoms with Gasteiger partial charge in [-0.05, 0) is 28.5 Å². The number of halogens is 1. The topological polar surface area (TPSA) is 65.5 Å². The van der Waals surface area contributed by atoms with Crippen LogP contribution in [0.3, 0.4) is 0 Å². The molecule has 0 bridgehead atoms. The Morgan fingerprint density at radius 2 is 1.77 bits per heavy atom. The molecule has 0 atom stereocenters. The van der Waals surface area contributed by atoms with Gasteiger partial charge in [0.1, 0.15) is 5.69 Å². The summed E-state index contributed by atoms with van der Waals surface area (Å²) in [7, 11) is 0. The minimum atomic E-state index is -0.402. The van der Waals surface area contributed by atoms with E-state index in [0.717, 1.165) is 19.6 Å². The Balaban J connectivity index is 1.28. The molecule has 1 N–H and O–H groups in total. The van der Waals surface area contributed by atoms with Gasteiger partial charge in [-0.3, -0.25) is 19.5 Å². The molecule has 4 rings (SSSR count). The van der Waals surface area contributed by atoms with E-state index in [-0.39, 0.29) is 18.1 Å². The number of fused-ring (bicyclic) bond motifs is 1. The lowest BCUT2D eigenvalue weighted by atomic mass is 10.0. The van der Waals surface area contributed by atoms with E-state index in [1.807, 2.05) is 0 Å². The van der Waals surface area contributed by atoms with Gasteiger partial charge in [0.15, 0.2) is 0 Å². The molecule has 0 aliphatic carbocycles. The predicted molar refractivity (Wildman–Crippen MR) is 117 cm³/mol. The maximum Gasteiger partial charge on any atom is 0.270 e. The first-order chi connectivity index (χ1) is 14.6. The van der Waals surface area contributed by atoms with E-state index in [4.69, 9.17) is 11.6 Å². The maximum absolute atomic E-state index is 12.5. The van der Waals surface area contributed by atoms with Crippen molar-refractivity contribution in [3.63, 3.8) is 0 Å². The lowest BCUT2D eigenvalue weighted by Gasteiger charge is -2.35. The van der Waals surface area contributed by atoms with Crippen molar-refractivity contribution in [2.45, 2.75) is 6.54 Å². The highest BCUT2D eigenvalue weighted by molar-refractivity contribution is 6.30. The lowest BCUT2D eigenvalue weighted by Crippen LogP contribution is -2.50. The smallest absolute Gasteiger partial charge is 0.270 e. The van der Waals surface area contributed by atoms with Gasteiger partial charge in [0, 0.05) is 43.9 Å². The van der Waals surface area contributed by atoms with Crippen molar-refractivity contribution in [2.75, 3.05) is 32.7 Å². The number of benzene rings is 2. The molecule has 2 heterocycles. The quantitative estimate of drug-likeness (QED) is 0.686. The second-order valence-electron chi connectivity index (χ2n) is 7.34. The molecule has 1 aromatic heterocycles. The molecule has 1 saturated heterocycles. The normalized spacial score (nSPS) is 14.6. The summed E-state index contributed by atoms with van der Waals surface area (Å²) in [5, 5.41) is 5.58. The number of carbonyl (C=O) groups excluding carboxylic acids is 2. The third-order valence-corrected chi connectivity index (χ3v) is 5.59. The molecular formula is C23H23ClN4O2. The van der Waals surface area contributed by atoms with Gasteiger partial charge in [0.05, 0.1) is 6.54 Å². The molecule has 2 amide bonds. The van der Waals surface area contributed by atoms with E-state index in [1.54, 1.807) is 11.0 Å². The summed E-state index contributed by atoms with van der Waals surface area (Å²) in [6.07, 6.45) is 1.47. The molecule has 0 spiro atoms. The van der Waals surface area contributed by atoms with Crippen LogP contribution >= 0.6 is 11.6 Å². The Morgan fingerprint density at radius 3 is 2.57 bits per heavy atom. The van der Waals surface area contributed by atoms with Gasteiger partial charge < -0.3 is 10.2 Å². The molecule has 0 radical (unpaired) electrons. The number of pyridine rings is 1. The molecule has 6 nitrogen and oxygen atoms in total. The Kier molecular flexibility index (Phi) is 6.26. The van der Waals surface area contributed by atoms with E-state index in [0.29, 0.717) is 18.1 Å². The zero-order chi connectivity index (χ0) is 20.9. The standard InChI is InChI=1S/C23H23ClN4O2/c24-19-8-9-25-21(14-19)23(30)26-15-22(29)28-12-10-27(11-13-28)16-18-6-3-5-17-4-1-2-7-20(17)18/h1-9,14H,10-13,15-16H2,(H,26,30). The van der Waals surface area contributed by atoms with Gasteiger partial charge in [-0.1, -0.05) is 54.1 Å². The number of hydrogen-bond acceptors (Lipinski definition) is 4. The molecular weight excluding hydrogens is 400 g/mol. The number of piperazine rings is 1. The summed E-state index contributed by atoms with van der Waals surface area (Å²) >= 11 is 5.88. The Labute approximate surface area is 180 Å². The molecule has 3 aromatic rings. The highest BCUT2D eigenvalue weighted by Crippen LogP contribution is 2.20. The minimum absolute atomic E-state index is 0.0453. The van der Waals surface area contributed by atoms with Crippen molar-refractivity contribution in [2.24, 2.45) is 0 Å². The number of hydrogen-bond donors (Lipinski definition) is 1. The third-order valence-electron chi connectivity index (χ3n) is 5.35. The van der Waals surface area contributed by atoms with Crippen LogP contribution in [0.25, 0.3) is 10.8 Å². The Morgan fingerprint density at radius 1 is 1.00 bits per heavy atom. The van der Waals surface area contributed by atoms with Crippen molar-refractivity contribution < 1.29 is 9.59 Å². The first-order valence-electron chi connectivity index (χ1n) is 9.97. The molecule has 0 saturated carbocycles. The maximum atomic E-state index is 12.5. The zero-order valence-electron chi connectivity index (χ0n) is 16.6. The third kappa shape index (κ3) is 4.78. The fourth-order valence-corrected chi connectivity index (χ4v) is 3.87. The number of amides is 2. The number of carbonyl (C=O) groups is 2. The summed E-state index contributed by atoms with van der Waals surface area (Å²) in [6, 6.07) is 17.9. The highest BCUT2D eigenvalue weighted by atomic mass is 35.5. The van der Waals surface area contributed by atoms with Gasteiger partial charge in [-0.25, -0.2) is 0 Å². The minimum Gasteiger partial charge on any atom is -0.342 e. The van der Waals surface area contributed by atoms with Crippen LogP contribution in [0.2, 0.25) is 5.02 Å². The van der Waals surface area contributed by atoms with Gasteiger partial charge in [0.25, 0.3) is 5.91 Å². The van der Waals surface area contributed by atoms with Crippen molar-refractivity contribution >= 4 is 34.2 Å². The first kappa shape index (κ1) is 20.3. The van der Waals surface area contributed by atoms with Crippen LogP contribution < -0.4 is 5.32 Å². The van der Waals surface area contributed by atoms with Crippen LogP contribution in [0.1, 0.15) is 16.1 Å². The van der Waals surface area contributed by atoms with Gasteiger partial charge in [-0.15, -0.1) is 0 Å². The zero-order valence-corrected chi connectivity index (χ0v) is 17.3. The Bertz CT molecular complexity index is 1060. The lowest BCUT2D eigenvalue weighted by molar-refractivity contribution is -0.131. The molecule has 154 valence electrons. The second kappa shape index (κ2) is 9.24. The number of aromatic nitrogens is 1. The van der Waals surface area contributed by atoms with Crippen molar-refractivity contribution in [1.29, 1.82) is 0 Å². The number of rotatable bonds is 5. The second-order valence-corrected chi connectivity index (χ2v) is 7.77. The van der Waals surface area contributed by atoms with Crippen LogP contribution in [0.5, 0.6) is 0 Å². The molecule has 0 unspecified atom stereocenters. The average molecular weight is 423 g/mol. The Hall–Kier alpha value is -2.96. The first-order valence-corrected chi connectivity index (χ1v) is 10.3. The van der Waals surface area contributed by atoms with E-state index < -0.39 is 5.91 Å². The van der Waals surface area contributed by atoms with Crippen molar-refractivity contribution in [1.82, 2.24) is 20.1 Å². The largest absolute Gasteiger partial charge is 0.342 e. The molecule has 1 aliphatic rings. The van der Waals surface area contributed by atoms with Crippen molar-refractivity contribution in [3.8, 4) is 0 Å². The molecule has 2 aromatic carbocycles. The van der Waals surface area contributed by atoms with Crippen LogP contribution in [-0.2, 0) is 11.3 Å². The monoisotopic (exact) mass is 422 g/mol. The molecule has 7 heteroatoms. The summed E-state index contributed by atoms with van der Waals surface area (Å²) < 4.78 is 0. The molecule has 1 aliphatic heterocycles. The van der Waals surface area contributed by atoms with Crippen molar-refractivity contribution in [3.05, 3.63) is 77.1 Å². The van der Waals surface area contributed by atoms with E-state index in [1.165, 1.54) is 28.6 Å². The van der Waals surface area contributed by atoms with Crippen LogP contribution in [0.4, 0.5) is 0 Å². The van der Waals surface area contributed by atoms with Crippen LogP contribution in [-0.4, -0.2) is 59.3 Å². The van der Waals surface area contributed by atoms with E-state index in [2.05, 4.69) is 57.7 Å². The summed E-state index contributed by atoms with van der Waals surface area (Å²) in [6.45, 7) is 3.72. The van der Waals surface area contributed by atoms with Crippen LogP contribution in [0.15, 0.2) is 60.8 Å². The van der Waals surface area contributed by atoms with Gasteiger partial charge in [0.2, 0.25) is 5.91 Å². The van der Waals surface area contributed by atoms with E-state index in [9.17, 15) is 9.59 Å². The molecule has 1 fully saturated rings. The van der Waals surface area contributed by atoms with Gasteiger partial charge >= 0.3 is 0 Å². The fourth-order valence-electron chi connectivity index (χ4n) is 3.71. The predicted octanol–water partition coefficient (Wildman–Crippen LogP) is 2.96. The van der Waals surface area contributed by atoms with Gasteiger partial charge in [-0.2, -0.15) is 0 Å². The summed E-state index contributed by atoms with van der Waals surface area (Å²) in [4.78, 5) is 32.8. The average Bonchev–Trinajstić information content (AvgIpc) is 2.78. The van der Waals surface area contributed by atoms with E-state index >= 15 is 0 Å². The number of nitrogens with one attached hydrogen (secondary N) is 1. The fraction of sp³-hybridized carbons (Fsp3) is 0.261. The van der Waals surface area contributed by atoms with Crippen LogP contribution in [0, 0.1) is 0 Å². The highest BCUT2D eigenvalue weighted by Gasteiger charge is 2.22. The summed E-state index contributed by atoms with van der Waals surface area (Å²) in [5.74, 6) is -0.490. The number of nitrogens with zero attached hydrogens (tertiary/aromatic N) is 3.